The van der Waals surface area contributed by atoms with E-state index in [9.17, 15) is 9.59 Å². The van der Waals surface area contributed by atoms with Crippen LogP contribution in [0.5, 0.6) is 0 Å². The summed E-state index contributed by atoms with van der Waals surface area (Å²) >= 11 is 0. The van der Waals surface area contributed by atoms with Gasteiger partial charge in [-0.25, -0.2) is 0 Å². The van der Waals surface area contributed by atoms with Gasteiger partial charge in [-0.3, -0.25) is 19.2 Å². The van der Waals surface area contributed by atoms with E-state index in [1.54, 1.807) is 18.5 Å². The van der Waals surface area contributed by atoms with Crippen LogP contribution in [0.3, 0.4) is 0 Å². The minimum atomic E-state index is -0.191. The summed E-state index contributed by atoms with van der Waals surface area (Å²) in [5, 5.41) is 7.01. The summed E-state index contributed by atoms with van der Waals surface area (Å²) in [6, 6.07) is 7.74. The van der Waals surface area contributed by atoms with E-state index in [2.05, 4.69) is 10.4 Å². The molecule has 2 aromatic rings. The molecule has 1 N–H and O–H groups in total. The van der Waals surface area contributed by atoms with Crippen molar-refractivity contribution in [3.05, 3.63) is 42.2 Å². The first-order valence-corrected chi connectivity index (χ1v) is 6.97. The van der Waals surface area contributed by atoms with Crippen molar-refractivity contribution in [1.29, 1.82) is 0 Å². The predicted molar refractivity (Wildman–Crippen MR) is 77.2 cm³/mol. The molecule has 106 valence electrons. The number of fused-ring (bicyclic) bond motifs is 1. The molecule has 0 spiro atoms. The molecule has 0 atom stereocenters. The molecule has 4 rings (SSSR count). The number of nitrogens with one attached hydrogen (secondary N) is 1. The summed E-state index contributed by atoms with van der Waals surface area (Å²) in [7, 11) is 0. The average Bonchev–Trinajstić information content (AvgIpc) is 3.23. The minimum Gasteiger partial charge on any atom is -0.323 e. The van der Waals surface area contributed by atoms with Crippen LogP contribution in [0.2, 0.25) is 0 Å². The van der Waals surface area contributed by atoms with Crippen molar-refractivity contribution in [2.45, 2.75) is 18.9 Å². The second-order valence-electron chi connectivity index (χ2n) is 5.40. The van der Waals surface area contributed by atoms with Gasteiger partial charge in [0, 0.05) is 6.20 Å². The van der Waals surface area contributed by atoms with Gasteiger partial charge in [0.15, 0.2) is 0 Å². The molecule has 2 aliphatic rings. The Balaban J connectivity index is 1.68. The quantitative estimate of drug-likeness (QED) is 0.913. The number of hydrogen-bond acceptors (Lipinski definition) is 3. The van der Waals surface area contributed by atoms with Gasteiger partial charge in [0.1, 0.15) is 6.54 Å². The number of carbonyl (C=O) groups excluding carboxylic acids is 2. The fourth-order valence-electron chi connectivity index (χ4n) is 2.56. The Morgan fingerprint density at radius 3 is 2.90 bits per heavy atom. The zero-order valence-corrected chi connectivity index (χ0v) is 11.3. The lowest BCUT2D eigenvalue weighted by Gasteiger charge is -2.28. The van der Waals surface area contributed by atoms with E-state index in [1.165, 1.54) is 4.90 Å². The smallest absolute Gasteiger partial charge is 0.262 e. The van der Waals surface area contributed by atoms with Gasteiger partial charge in [-0.1, -0.05) is 12.1 Å². The van der Waals surface area contributed by atoms with E-state index in [4.69, 9.17) is 0 Å². The largest absolute Gasteiger partial charge is 0.323 e. The lowest BCUT2D eigenvalue weighted by Crippen LogP contribution is -2.42. The van der Waals surface area contributed by atoms with E-state index in [1.807, 2.05) is 22.9 Å². The zero-order valence-electron chi connectivity index (χ0n) is 11.3. The lowest BCUT2D eigenvalue weighted by atomic mass is 10.1. The Hall–Kier alpha value is -2.63. The van der Waals surface area contributed by atoms with Gasteiger partial charge in [0.25, 0.3) is 5.91 Å². The Morgan fingerprint density at radius 1 is 1.29 bits per heavy atom. The summed E-state index contributed by atoms with van der Waals surface area (Å²) in [4.78, 5) is 25.9. The third-order valence-electron chi connectivity index (χ3n) is 3.79. The number of hydrogen-bond donors (Lipinski definition) is 1. The third kappa shape index (κ3) is 2.08. The number of aromatic nitrogens is 2. The highest BCUT2D eigenvalue weighted by Gasteiger charge is 2.30. The first-order chi connectivity index (χ1) is 10.2. The van der Waals surface area contributed by atoms with Gasteiger partial charge in [-0.15, -0.1) is 0 Å². The van der Waals surface area contributed by atoms with Crippen molar-refractivity contribution in [3.8, 4) is 0 Å². The first-order valence-electron chi connectivity index (χ1n) is 6.97. The van der Waals surface area contributed by atoms with Crippen LogP contribution in [-0.4, -0.2) is 28.1 Å². The number of anilines is 2. The molecule has 1 aromatic heterocycles. The summed E-state index contributed by atoms with van der Waals surface area (Å²) < 4.78 is 1.84. The van der Waals surface area contributed by atoms with Crippen molar-refractivity contribution in [3.63, 3.8) is 0 Å². The number of benzene rings is 1. The molecule has 0 bridgehead atoms. The van der Waals surface area contributed by atoms with Crippen LogP contribution in [0.15, 0.2) is 36.7 Å². The van der Waals surface area contributed by atoms with Gasteiger partial charge in [-0.2, -0.15) is 5.10 Å². The highest BCUT2D eigenvalue weighted by atomic mass is 16.2. The Morgan fingerprint density at radius 2 is 2.10 bits per heavy atom. The Kier molecular flexibility index (Phi) is 2.57. The maximum Gasteiger partial charge on any atom is 0.262 e. The summed E-state index contributed by atoms with van der Waals surface area (Å²) in [6.45, 7) is 0.0322. The molecule has 0 unspecified atom stereocenters. The first kappa shape index (κ1) is 12.1. The van der Waals surface area contributed by atoms with Crippen LogP contribution in [-0.2, 0) is 4.79 Å². The standard InChI is InChI=1S/C15H14N4O2/c20-14-9-18(13-4-2-1-3-12(13)17-14)15(21)10-7-16-19(8-10)11-5-6-11/h1-4,7-8,11H,5-6,9H2,(H,17,20). The molecule has 0 saturated heterocycles. The van der Waals surface area contributed by atoms with Crippen LogP contribution in [0.1, 0.15) is 29.2 Å². The van der Waals surface area contributed by atoms with Crippen molar-refractivity contribution in [2.75, 3.05) is 16.8 Å². The third-order valence-corrected chi connectivity index (χ3v) is 3.79. The fourth-order valence-corrected chi connectivity index (χ4v) is 2.56. The lowest BCUT2D eigenvalue weighted by molar-refractivity contribution is -0.115. The molecule has 1 fully saturated rings. The highest BCUT2D eigenvalue weighted by molar-refractivity contribution is 6.14. The van der Waals surface area contributed by atoms with Gasteiger partial charge < -0.3 is 5.32 Å². The van der Waals surface area contributed by atoms with Crippen LogP contribution >= 0.6 is 0 Å². The van der Waals surface area contributed by atoms with E-state index in [-0.39, 0.29) is 18.4 Å². The molecular formula is C15H14N4O2. The van der Waals surface area contributed by atoms with Crippen LogP contribution < -0.4 is 10.2 Å². The van der Waals surface area contributed by atoms with Crippen molar-refractivity contribution >= 4 is 23.2 Å². The maximum atomic E-state index is 12.7. The molecule has 2 heterocycles. The van der Waals surface area contributed by atoms with E-state index < -0.39 is 0 Å². The van der Waals surface area contributed by atoms with Crippen LogP contribution in [0.25, 0.3) is 0 Å². The number of amides is 2. The van der Waals surface area contributed by atoms with Crippen molar-refractivity contribution in [1.82, 2.24) is 9.78 Å². The molecular weight excluding hydrogens is 268 g/mol. The van der Waals surface area contributed by atoms with E-state index >= 15 is 0 Å². The van der Waals surface area contributed by atoms with Gasteiger partial charge in [0.05, 0.1) is 29.2 Å². The minimum absolute atomic E-state index is 0.0322. The molecule has 6 heteroatoms. The predicted octanol–water partition coefficient (Wildman–Crippen LogP) is 1.82. The monoisotopic (exact) mass is 282 g/mol. The zero-order chi connectivity index (χ0) is 14.4. The number of para-hydroxylation sites is 2. The topological polar surface area (TPSA) is 67.2 Å². The second-order valence-corrected chi connectivity index (χ2v) is 5.40. The molecule has 1 aromatic carbocycles. The summed E-state index contributed by atoms with van der Waals surface area (Å²) in [6.07, 6.45) is 5.58. The SMILES string of the molecule is O=C1CN(C(=O)c2cnn(C3CC3)c2)c2ccccc2N1. The number of nitrogens with zero attached hydrogens (tertiary/aromatic N) is 3. The van der Waals surface area contributed by atoms with E-state index in [0.717, 1.165) is 18.5 Å². The van der Waals surface area contributed by atoms with Crippen LogP contribution in [0.4, 0.5) is 11.4 Å². The molecule has 0 radical (unpaired) electrons. The molecule has 6 nitrogen and oxygen atoms in total. The Bertz CT molecular complexity index is 733. The molecule has 2 amide bonds. The molecule has 1 aliphatic heterocycles. The molecule has 1 aliphatic carbocycles. The summed E-state index contributed by atoms with van der Waals surface area (Å²) in [5.74, 6) is -0.374. The molecule has 1 saturated carbocycles. The van der Waals surface area contributed by atoms with Gasteiger partial charge in [-0.05, 0) is 25.0 Å². The average molecular weight is 282 g/mol. The van der Waals surface area contributed by atoms with Gasteiger partial charge in [0.2, 0.25) is 5.91 Å². The van der Waals surface area contributed by atoms with Crippen molar-refractivity contribution in [2.24, 2.45) is 0 Å². The normalized spacial score (nSPS) is 17.3. The maximum absolute atomic E-state index is 12.7. The fraction of sp³-hybridized carbons (Fsp3) is 0.267. The van der Waals surface area contributed by atoms with E-state index in [0.29, 0.717) is 17.3 Å². The summed E-state index contributed by atoms with van der Waals surface area (Å²) in [5.41, 5.74) is 1.91. The number of rotatable bonds is 2. The molecule has 21 heavy (non-hydrogen) atoms. The van der Waals surface area contributed by atoms with Gasteiger partial charge >= 0.3 is 0 Å². The second kappa shape index (κ2) is 4.44. The highest BCUT2D eigenvalue weighted by Crippen LogP contribution is 2.34. The van der Waals surface area contributed by atoms with Crippen LogP contribution in [0, 0.1) is 0 Å². The Labute approximate surface area is 121 Å². The van der Waals surface area contributed by atoms with Crippen molar-refractivity contribution < 1.29 is 9.59 Å². The number of carbonyl (C=O) groups is 2.